The first-order valence-corrected chi connectivity index (χ1v) is 7.76. The van der Waals surface area contributed by atoms with Crippen molar-refractivity contribution >= 4 is 40.3 Å². The molecule has 0 bridgehead atoms. The number of rotatable bonds is 2. The van der Waals surface area contributed by atoms with E-state index in [0.717, 1.165) is 5.75 Å². The molecule has 2 atom stereocenters. The van der Waals surface area contributed by atoms with Gasteiger partial charge in [-0.05, 0) is 9.65 Å². The van der Waals surface area contributed by atoms with Gasteiger partial charge in [-0.1, -0.05) is 59.0 Å². The number of nitrogens with zero attached hydrogens (tertiary/aromatic N) is 1. The van der Waals surface area contributed by atoms with Gasteiger partial charge in [0.15, 0.2) is 0 Å². The van der Waals surface area contributed by atoms with Crippen LogP contribution in [0.25, 0.3) is 0 Å². The molecule has 17 heavy (non-hydrogen) atoms. The third-order valence-corrected chi connectivity index (χ3v) is 4.54. The summed E-state index contributed by atoms with van der Waals surface area (Å²) in [7, 11) is 0. The molecule has 1 fully saturated rings. The fraction of sp³-hybridized carbons (Fsp3) is 0.308. The van der Waals surface area contributed by atoms with Crippen molar-refractivity contribution in [2.75, 3.05) is 5.75 Å². The molecule has 1 heterocycles. The zero-order valence-electron chi connectivity index (χ0n) is 9.54. The van der Waals surface area contributed by atoms with Gasteiger partial charge in [0.25, 0.3) is 0 Å². The Morgan fingerprint density at radius 1 is 1.47 bits per heavy atom. The molecule has 0 radical (unpaired) electrons. The molecule has 90 valence electrons. The minimum absolute atomic E-state index is 0.142. The summed E-state index contributed by atoms with van der Waals surface area (Å²) >= 11 is 4.03. The van der Waals surface area contributed by atoms with Gasteiger partial charge in [-0.15, -0.1) is 11.8 Å². The standard InChI is InChI=1S/C13H14INOS/c1-10(16)15-12(7-8-14)9-17-13(15)11-5-3-2-4-6-11/h2-8,12-13H,9H2,1H3/b8-7+/t12-,13-/m1/s1. The zero-order chi connectivity index (χ0) is 12.3. The molecule has 0 unspecified atom stereocenters. The molecule has 0 saturated carbocycles. The zero-order valence-corrected chi connectivity index (χ0v) is 12.5. The minimum atomic E-state index is 0.142. The molecule has 1 saturated heterocycles. The maximum atomic E-state index is 11.8. The summed E-state index contributed by atoms with van der Waals surface area (Å²) in [6.45, 7) is 1.65. The van der Waals surface area contributed by atoms with Crippen molar-refractivity contribution < 1.29 is 4.79 Å². The predicted molar refractivity (Wildman–Crippen MR) is 81.1 cm³/mol. The highest BCUT2D eigenvalue weighted by atomic mass is 127. The second-order valence-corrected chi connectivity index (χ2v) is 5.74. The fourth-order valence-corrected chi connectivity index (χ4v) is 3.98. The molecule has 1 aliphatic heterocycles. The Hall–Kier alpha value is -0.490. The number of thioether (sulfide) groups is 1. The first-order chi connectivity index (χ1) is 8.24. The Kier molecular flexibility index (Phi) is 4.50. The summed E-state index contributed by atoms with van der Waals surface area (Å²) in [4.78, 5) is 13.8. The van der Waals surface area contributed by atoms with Crippen LogP contribution in [0, 0.1) is 0 Å². The number of hydrogen-bond donors (Lipinski definition) is 0. The van der Waals surface area contributed by atoms with Crippen molar-refractivity contribution in [3.63, 3.8) is 0 Å². The molecule has 0 N–H and O–H groups in total. The number of amides is 1. The molecule has 2 rings (SSSR count). The third kappa shape index (κ3) is 2.85. The van der Waals surface area contributed by atoms with Crippen LogP contribution in [-0.2, 0) is 4.79 Å². The van der Waals surface area contributed by atoms with E-state index in [-0.39, 0.29) is 17.3 Å². The van der Waals surface area contributed by atoms with E-state index in [9.17, 15) is 4.79 Å². The maximum absolute atomic E-state index is 11.8. The Balaban J connectivity index is 2.27. The van der Waals surface area contributed by atoms with E-state index in [2.05, 4.69) is 40.8 Å². The molecule has 1 aliphatic rings. The Morgan fingerprint density at radius 3 is 2.76 bits per heavy atom. The minimum Gasteiger partial charge on any atom is -0.320 e. The number of halogens is 1. The lowest BCUT2D eigenvalue weighted by atomic mass is 10.2. The Morgan fingerprint density at radius 2 is 2.18 bits per heavy atom. The van der Waals surface area contributed by atoms with Crippen LogP contribution in [0.15, 0.2) is 40.5 Å². The van der Waals surface area contributed by atoms with E-state index in [1.807, 2.05) is 38.9 Å². The summed E-state index contributed by atoms with van der Waals surface area (Å²) in [5, 5.41) is 0.159. The van der Waals surface area contributed by atoms with Crippen LogP contribution >= 0.6 is 34.4 Å². The predicted octanol–water partition coefficient (Wildman–Crippen LogP) is 3.60. The number of hydrogen-bond acceptors (Lipinski definition) is 2. The lowest BCUT2D eigenvalue weighted by Crippen LogP contribution is -2.35. The highest BCUT2D eigenvalue weighted by Crippen LogP contribution is 2.41. The van der Waals surface area contributed by atoms with Gasteiger partial charge in [0.2, 0.25) is 5.91 Å². The molecule has 1 aromatic rings. The SMILES string of the molecule is CC(=O)N1[C@H](/C=C/I)CS[C@@H]1c1ccccc1. The van der Waals surface area contributed by atoms with E-state index in [1.165, 1.54) is 5.56 Å². The van der Waals surface area contributed by atoms with Gasteiger partial charge in [-0.25, -0.2) is 0 Å². The van der Waals surface area contributed by atoms with Crippen molar-refractivity contribution in [3.8, 4) is 0 Å². The summed E-state index contributed by atoms with van der Waals surface area (Å²) in [5.41, 5.74) is 1.21. The van der Waals surface area contributed by atoms with Crippen LogP contribution in [-0.4, -0.2) is 22.6 Å². The van der Waals surface area contributed by atoms with Gasteiger partial charge in [0.1, 0.15) is 5.37 Å². The largest absolute Gasteiger partial charge is 0.320 e. The molecular formula is C13H14INOS. The molecule has 4 heteroatoms. The van der Waals surface area contributed by atoms with E-state index >= 15 is 0 Å². The quantitative estimate of drug-likeness (QED) is 0.752. The molecular weight excluding hydrogens is 345 g/mol. The van der Waals surface area contributed by atoms with Crippen LogP contribution < -0.4 is 0 Å². The second-order valence-electron chi connectivity index (χ2n) is 3.91. The summed E-state index contributed by atoms with van der Waals surface area (Å²) < 4.78 is 1.99. The summed E-state index contributed by atoms with van der Waals surface area (Å²) in [6, 6.07) is 10.4. The van der Waals surface area contributed by atoms with E-state index in [0.29, 0.717) is 0 Å². The van der Waals surface area contributed by atoms with E-state index < -0.39 is 0 Å². The molecule has 0 spiro atoms. The van der Waals surface area contributed by atoms with Crippen molar-refractivity contribution in [2.45, 2.75) is 18.3 Å². The summed E-state index contributed by atoms with van der Waals surface area (Å²) in [5.74, 6) is 1.11. The van der Waals surface area contributed by atoms with Gasteiger partial charge in [-0.2, -0.15) is 0 Å². The van der Waals surface area contributed by atoms with Gasteiger partial charge < -0.3 is 4.90 Å². The smallest absolute Gasteiger partial charge is 0.221 e. The number of carbonyl (C=O) groups excluding carboxylic acids is 1. The normalized spacial score (nSPS) is 24.5. The Labute approximate surface area is 120 Å². The monoisotopic (exact) mass is 359 g/mol. The van der Waals surface area contributed by atoms with Crippen LogP contribution in [0.5, 0.6) is 0 Å². The van der Waals surface area contributed by atoms with Crippen LogP contribution in [0.1, 0.15) is 17.9 Å². The topological polar surface area (TPSA) is 20.3 Å². The molecule has 1 aromatic carbocycles. The highest BCUT2D eigenvalue weighted by Gasteiger charge is 2.35. The molecule has 1 amide bonds. The molecule has 0 aromatic heterocycles. The average Bonchev–Trinajstić information content (AvgIpc) is 2.74. The Bertz CT molecular complexity index is 421. The maximum Gasteiger partial charge on any atom is 0.221 e. The number of carbonyl (C=O) groups is 1. The van der Waals surface area contributed by atoms with Gasteiger partial charge in [-0.3, -0.25) is 4.79 Å². The lowest BCUT2D eigenvalue weighted by molar-refractivity contribution is -0.130. The van der Waals surface area contributed by atoms with Crippen molar-refractivity contribution in [1.29, 1.82) is 0 Å². The van der Waals surface area contributed by atoms with Crippen LogP contribution in [0.3, 0.4) is 0 Å². The van der Waals surface area contributed by atoms with Crippen molar-refractivity contribution in [3.05, 3.63) is 46.1 Å². The first kappa shape index (κ1) is 13.0. The second kappa shape index (κ2) is 5.91. The van der Waals surface area contributed by atoms with E-state index in [4.69, 9.17) is 0 Å². The molecule has 0 aliphatic carbocycles. The van der Waals surface area contributed by atoms with Crippen LogP contribution in [0.2, 0.25) is 0 Å². The van der Waals surface area contributed by atoms with Crippen molar-refractivity contribution in [2.24, 2.45) is 0 Å². The number of benzene rings is 1. The van der Waals surface area contributed by atoms with Gasteiger partial charge in [0, 0.05) is 12.7 Å². The van der Waals surface area contributed by atoms with E-state index in [1.54, 1.807) is 6.92 Å². The average molecular weight is 359 g/mol. The summed E-state index contributed by atoms with van der Waals surface area (Å²) in [6.07, 6.45) is 2.10. The first-order valence-electron chi connectivity index (χ1n) is 5.46. The van der Waals surface area contributed by atoms with Gasteiger partial charge in [0.05, 0.1) is 6.04 Å². The fourth-order valence-electron chi connectivity index (χ4n) is 2.03. The highest BCUT2D eigenvalue weighted by molar-refractivity contribution is 14.1. The van der Waals surface area contributed by atoms with Crippen LogP contribution in [0.4, 0.5) is 0 Å². The third-order valence-electron chi connectivity index (χ3n) is 2.78. The van der Waals surface area contributed by atoms with Gasteiger partial charge >= 0.3 is 0 Å². The van der Waals surface area contributed by atoms with Crippen molar-refractivity contribution in [1.82, 2.24) is 4.90 Å². The lowest BCUT2D eigenvalue weighted by Gasteiger charge is -2.26. The molecule has 2 nitrogen and oxygen atoms in total.